The van der Waals surface area contributed by atoms with Crippen LogP contribution in [0.5, 0.6) is 5.75 Å². The summed E-state index contributed by atoms with van der Waals surface area (Å²) < 4.78 is 11.5. The number of aromatic nitrogens is 5. The first-order chi connectivity index (χ1) is 16.6. The van der Waals surface area contributed by atoms with E-state index < -0.39 is 11.9 Å². The Balaban J connectivity index is 1.61. The fourth-order valence-electron chi connectivity index (χ4n) is 3.03. The number of nitrogens with zero attached hydrogens (tertiary/aromatic N) is 5. The van der Waals surface area contributed by atoms with E-state index in [1.807, 2.05) is 12.1 Å². The lowest BCUT2D eigenvalue weighted by Gasteiger charge is -2.09. The number of ether oxygens (including phenoxy) is 2. The van der Waals surface area contributed by atoms with Crippen molar-refractivity contribution in [2.24, 2.45) is 0 Å². The highest BCUT2D eigenvalue weighted by Crippen LogP contribution is 2.24. The van der Waals surface area contributed by atoms with Crippen LogP contribution in [-0.4, -0.2) is 51.1 Å². The lowest BCUT2D eigenvalue weighted by Crippen LogP contribution is -2.15. The van der Waals surface area contributed by atoms with Gasteiger partial charge in [-0.1, -0.05) is 17.0 Å². The van der Waals surface area contributed by atoms with Gasteiger partial charge < -0.3 is 14.8 Å². The molecule has 10 nitrogen and oxygen atoms in total. The molecule has 34 heavy (non-hydrogen) atoms. The van der Waals surface area contributed by atoms with Gasteiger partial charge >= 0.3 is 5.97 Å². The Morgan fingerprint density at radius 1 is 1.00 bits per heavy atom. The standard InChI is InChI=1S/C23H20N6O4S/c1-32-18-10-8-17(9-11-18)29-19(14-34-23-24-12-3-13-25-23)20(27-28-29)21(30)26-16-6-4-15(5-7-16)22(31)33-2/h3-13H,14H2,1-2H3,(H,26,30). The highest BCUT2D eigenvalue weighted by molar-refractivity contribution is 7.98. The summed E-state index contributed by atoms with van der Waals surface area (Å²) in [5.41, 5.74) is 2.34. The molecule has 0 radical (unpaired) electrons. The molecule has 0 saturated heterocycles. The first-order valence-electron chi connectivity index (χ1n) is 10.1. The number of anilines is 1. The second-order valence-corrected chi connectivity index (χ2v) is 7.78. The number of thioether (sulfide) groups is 1. The molecular weight excluding hydrogens is 456 g/mol. The predicted molar refractivity (Wildman–Crippen MR) is 125 cm³/mol. The SMILES string of the molecule is COC(=O)c1ccc(NC(=O)c2nnn(-c3ccc(OC)cc3)c2CSc2ncccn2)cc1. The van der Waals surface area contributed by atoms with Crippen molar-refractivity contribution in [1.29, 1.82) is 0 Å². The number of hydrogen-bond acceptors (Lipinski definition) is 9. The third kappa shape index (κ3) is 5.21. The van der Waals surface area contributed by atoms with Gasteiger partial charge in [0.25, 0.3) is 5.91 Å². The zero-order valence-electron chi connectivity index (χ0n) is 18.3. The van der Waals surface area contributed by atoms with Crippen LogP contribution in [0.1, 0.15) is 26.5 Å². The van der Waals surface area contributed by atoms with Gasteiger partial charge in [-0.25, -0.2) is 19.4 Å². The van der Waals surface area contributed by atoms with Crippen LogP contribution < -0.4 is 10.1 Å². The number of esters is 1. The van der Waals surface area contributed by atoms with Gasteiger partial charge in [0.1, 0.15) is 5.75 Å². The van der Waals surface area contributed by atoms with Gasteiger partial charge in [0.05, 0.1) is 31.2 Å². The molecule has 2 heterocycles. The molecule has 0 fully saturated rings. The smallest absolute Gasteiger partial charge is 0.337 e. The molecule has 2 aromatic carbocycles. The van der Waals surface area contributed by atoms with Crippen LogP contribution in [0.15, 0.2) is 72.1 Å². The summed E-state index contributed by atoms with van der Waals surface area (Å²) in [6.07, 6.45) is 3.31. The normalized spacial score (nSPS) is 10.5. The molecule has 0 saturated carbocycles. The number of methoxy groups -OCH3 is 2. The largest absolute Gasteiger partial charge is 0.497 e. The van der Waals surface area contributed by atoms with Crippen molar-refractivity contribution in [3.63, 3.8) is 0 Å². The van der Waals surface area contributed by atoms with E-state index in [1.165, 1.54) is 18.9 Å². The van der Waals surface area contributed by atoms with E-state index in [0.29, 0.717) is 33.6 Å². The number of hydrogen-bond donors (Lipinski definition) is 1. The minimum absolute atomic E-state index is 0.163. The van der Waals surface area contributed by atoms with Crippen LogP contribution in [0.3, 0.4) is 0 Å². The van der Waals surface area contributed by atoms with Gasteiger partial charge in [-0.15, -0.1) is 5.10 Å². The molecule has 0 aliphatic carbocycles. The van der Waals surface area contributed by atoms with E-state index in [1.54, 1.807) is 66.6 Å². The summed E-state index contributed by atoms with van der Waals surface area (Å²) in [6.45, 7) is 0. The van der Waals surface area contributed by atoms with Gasteiger partial charge in [0.15, 0.2) is 10.9 Å². The van der Waals surface area contributed by atoms with Crippen LogP contribution in [0, 0.1) is 0 Å². The van der Waals surface area contributed by atoms with E-state index in [2.05, 4.69) is 25.6 Å². The van der Waals surface area contributed by atoms with Gasteiger partial charge in [0.2, 0.25) is 0 Å². The molecule has 4 aromatic rings. The van der Waals surface area contributed by atoms with Crippen LogP contribution in [-0.2, 0) is 10.5 Å². The molecule has 11 heteroatoms. The molecule has 172 valence electrons. The van der Waals surface area contributed by atoms with Gasteiger partial charge in [0, 0.05) is 23.8 Å². The van der Waals surface area contributed by atoms with E-state index in [4.69, 9.17) is 9.47 Å². The Morgan fingerprint density at radius 2 is 1.71 bits per heavy atom. The van der Waals surface area contributed by atoms with Crippen molar-refractivity contribution in [1.82, 2.24) is 25.0 Å². The summed E-state index contributed by atoms with van der Waals surface area (Å²) in [6, 6.07) is 15.4. The van der Waals surface area contributed by atoms with Crippen molar-refractivity contribution >= 4 is 29.3 Å². The maximum absolute atomic E-state index is 13.1. The minimum atomic E-state index is -0.456. The van der Waals surface area contributed by atoms with Gasteiger partial charge in [-0.2, -0.15) is 0 Å². The van der Waals surface area contributed by atoms with Crippen molar-refractivity contribution in [2.45, 2.75) is 10.9 Å². The van der Waals surface area contributed by atoms with Crippen molar-refractivity contribution in [3.05, 3.63) is 83.9 Å². The quantitative estimate of drug-likeness (QED) is 0.232. The Hall–Kier alpha value is -4.25. The molecular formula is C23H20N6O4S. The Bertz CT molecular complexity index is 1280. The van der Waals surface area contributed by atoms with Crippen LogP contribution in [0.4, 0.5) is 5.69 Å². The first kappa shape index (κ1) is 22.9. The molecule has 0 aliphatic heterocycles. The summed E-state index contributed by atoms with van der Waals surface area (Å²) in [4.78, 5) is 33.2. The monoisotopic (exact) mass is 476 g/mol. The molecule has 2 aromatic heterocycles. The third-order valence-corrected chi connectivity index (χ3v) is 5.63. The van der Waals surface area contributed by atoms with E-state index in [-0.39, 0.29) is 5.69 Å². The molecule has 0 atom stereocenters. The fourth-order valence-corrected chi connectivity index (χ4v) is 3.82. The summed E-state index contributed by atoms with van der Waals surface area (Å²) in [7, 11) is 2.90. The maximum atomic E-state index is 13.1. The predicted octanol–water partition coefficient (Wildman–Crippen LogP) is 3.40. The van der Waals surface area contributed by atoms with Crippen molar-refractivity contribution < 1.29 is 19.1 Å². The van der Waals surface area contributed by atoms with E-state index in [9.17, 15) is 9.59 Å². The van der Waals surface area contributed by atoms with Gasteiger partial charge in [-0.3, -0.25) is 4.79 Å². The molecule has 0 bridgehead atoms. The third-order valence-electron chi connectivity index (χ3n) is 4.74. The van der Waals surface area contributed by atoms with Crippen molar-refractivity contribution in [3.8, 4) is 11.4 Å². The lowest BCUT2D eigenvalue weighted by atomic mass is 10.2. The molecule has 0 spiro atoms. The molecule has 0 unspecified atom stereocenters. The zero-order valence-corrected chi connectivity index (χ0v) is 19.2. The highest BCUT2D eigenvalue weighted by Gasteiger charge is 2.22. The van der Waals surface area contributed by atoms with Gasteiger partial charge in [-0.05, 0) is 54.6 Å². The number of rotatable bonds is 8. The number of carbonyl (C=O) groups is 2. The summed E-state index contributed by atoms with van der Waals surface area (Å²) in [5.74, 6) is 0.163. The number of benzene rings is 2. The Kier molecular flexibility index (Phi) is 7.13. The number of nitrogens with one attached hydrogen (secondary N) is 1. The fraction of sp³-hybridized carbons (Fsp3) is 0.130. The van der Waals surface area contributed by atoms with Crippen molar-refractivity contribution in [2.75, 3.05) is 19.5 Å². The van der Waals surface area contributed by atoms with Crippen LogP contribution in [0.2, 0.25) is 0 Å². The van der Waals surface area contributed by atoms with Crippen LogP contribution in [0.25, 0.3) is 5.69 Å². The molecule has 0 aliphatic rings. The summed E-state index contributed by atoms with van der Waals surface area (Å²) in [5, 5.41) is 11.7. The topological polar surface area (TPSA) is 121 Å². The number of carbonyl (C=O) groups excluding carboxylic acids is 2. The highest BCUT2D eigenvalue weighted by atomic mass is 32.2. The lowest BCUT2D eigenvalue weighted by molar-refractivity contribution is 0.0600. The molecule has 4 rings (SSSR count). The average molecular weight is 477 g/mol. The van der Waals surface area contributed by atoms with E-state index in [0.717, 1.165) is 5.69 Å². The average Bonchev–Trinajstić information content (AvgIpc) is 3.32. The minimum Gasteiger partial charge on any atom is -0.497 e. The Morgan fingerprint density at radius 3 is 2.35 bits per heavy atom. The van der Waals surface area contributed by atoms with Crippen LogP contribution >= 0.6 is 11.8 Å². The maximum Gasteiger partial charge on any atom is 0.337 e. The molecule has 1 N–H and O–H groups in total. The van der Waals surface area contributed by atoms with E-state index >= 15 is 0 Å². The second-order valence-electron chi connectivity index (χ2n) is 6.84. The Labute approximate surface area is 199 Å². The molecule has 1 amide bonds. The summed E-state index contributed by atoms with van der Waals surface area (Å²) >= 11 is 1.36. The first-order valence-corrected chi connectivity index (χ1v) is 11.1. The number of amides is 1. The second kappa shape index (κ2) is 10.6. The zero-order chi connectivity index (χ0) is 23.9.